The zero-order valence-electron chi connectivity index (χ0n) is 18.6. The Labute approximate surface area is 193 Å². The van der Waals surface area contributed by atoms with Crippen LogP contribution in [0.25, 0.3) is 0 Å². The van der Waals surface area contributed by atoms with Crippen molar-refractivity contribution in [2.24, 2.45) is 5.41 Å². The van der Waals surface area contributed by atoms with Crippen LogP contribution in [0.3, 0.4) is 0 Å². The van der Waals surface area contributed by atoms with Gasteiger partial charge in [0.2, 0.25) is 5.91 Å². The molecule has 4 atom stereocenters. The predicted molar refractivity (Wildman–Crippen MR) is 122 cm³/mol. The zero-order chi connectivity index (χ0) is 22.8. The van der Waals surface area contributed by atoms with Gasteiger partial charge in [-0.1, -0.05) is 43.2 Å². The highest BCUT2D eigenvalue weighted by Crippen LogP contribution is 2.59. The van der Waals surface area contributed by atoms with Gasteiger partial charge in [0.15, 0.2) is 0 Å². The summed E-state index contributed by atoms with van der Waals surface area (Å²) >= 11 is 0. The maximum Gasteiger partial charge on any atom is 0.356 e. The molecule has 1 heterocycles. The molecule has 1 aliphatic heterocycles. The molecule has 33 heavy (non-hydrogen) atoms. The average molecular weight is 452 g/mol. The van der Waals surface area contributed by atoms with Crippen molar-refractivity contribution in [3.63, 3.8) is 0 Å². The minimum Gasteiger partial charge on any atom is -0.366 e. The van der Waals surface area contributed by atoms with E-state index in [9.17, 15) is 14.0 Å². The first-order chi connectivity index (χ1) is 16.0. The van der Waals surface area contributed by atoms with Gasteiger partial charge in [-0.3, -0.25) is 9.69 Å². The second kappa shape index (κ2) is 9.23. The van der Waals surface area contributed by atoms with E-state index in [-0.39, 0.29) is 35.2 Å². The summed E-state index contributed by atoms with van der Waals surface area (Å²) in [6.45, 7) is 1.16. The summed E-state index contributed by atoms with van der Waals surface area (Å²) in [7, 11) is 0. The third-order valence-corrected chi connectivity index (χ3v) is 7.46. The molecule has 3 fully saturated rings. The van der Waals surface area contributed by atoms with Crippen molar-refractivity contribution in [3.8, 4) is 0 Å². The van der Waals surface area contributed by atoms with E-state index < -0.39 is 0 Å². The summed E-state index contributed by atoms with van der Waals surface area (Å²) in [6, 6.07) is 15.9. The molecule has 174 valence electrons. The van der Waals surface area contributed by atoms with E-state index in [0.29, 0.717) is 24.6 Å². The highest BCUT2D eigenvalue weighted by molar-refractivity contribution is 5.89. The molecule has 6 nitrogen and oxygen atoms in total. The number of nitrogens with zero attached hydrogens (tertiary/aromatic N) is 1. The Kier molecular flexibility index (Phi) is 6.17. The molecule has 2 saturated carbocycles. The Bertz CT molecular complexity index is 1000. The highest BCUT2D eigenvalue weighted by atomic mass is 19.1. The number of nitrogens with one attached hydrogen (secondary N) is 2. The summed E-state index contributed by atoms with van der Waals surface area (Å²) in [5.41, 5.74) is 4.67. The molecule has 0 radical (unpaired) electrons. The van der Waals surface area contributed by atoms with Gasteiger partial charge < -0.3 is 10.2 Å². The molecule has 2 aliphatic carbocycles. The maximum atomic E-state index is 13.2. The molecule has 0 unspecified atom stereocenters. The molecule has 1 amide bonds. The molecular formula is C26H30FN3O3. The number of rotatable bonds is 6. The van der Waals surface area contributed by atoms with Crippen LogP contribution in [0.4, 0.5) is 4.39 Å². The van der Waals surface area contributed by atoms with E-state index in [4.69, 9.17) is 4.84 Å². The zero-order valence-corrected chi connectivity index (χ0v) is 18.6. The van der Waals surface area contributed by atoms with E-state index in [2.05, 4.69) is 15.7 Å². The molecule has 1 spiro atoms. The van der Waals surface area contributed by atoms with Gasteiger partial charge in [0.1, 0.15) is 5.82 Å². The predicted octanol–water partition coefficient (Wildman–Crippen LogP) is 3.23. The van der Waals surface area contributed by atoms with Gasteiger partial charge >= 0.3 is 5.97 Å². The van der Waals surface area contributed by atoms with Crippen molar-refractivity contribution < 1.29 is 18.8 Å². The van der Waals surface area contributed by atoms with Gasteiger partial charge in [-0.2, -0.15) is 0 Å². The second-order valence-corrected chi connectivity index (χ2v) is 9.65. The number of carbonyl (C=O) groups excluding carboxylic acids is 2. The Morgan fingerprint density at radius 2 is 1.94 bits per heavy atom. The van der Waals surface area contributed by atoms with Crippen LogP contribution in [-0.2, 0) is 16.1 Å². The minimum atomic E-state index is -0.370. The van der Waals surface area contributed by atoms with Crippen LogP contribution < -0.4 is 10.8 Å². The SMILES string of the molecule is O=C1CN([C@@H]2C[C@@]23CCCC[C@H]3NOC(=O)c2ccccc2)C[C@H](Cc2ccc(F)cc2)N1. The van der Waals surface area contributed by atoms with Crippen molar-refractivity contribution in [1.82, 2.24) is 15.7 Å². The van der Waals surface area contributed by atoms with Gasteiger partial charge in [0, 0.05) is 24.0 Å². The number of piperazine rings is 1. The summed E-state index contributed by atoms with van der Waals surface area (Å²) < 4.78 is 13.2. The lowest BCUT2D eigenvalue weighted by atomic mass is 9.81. The molecular weight excluding hydrogens is 421 g/mol. The standard InChI is InChI=1S/C26H30FN3O3/c27-20-11-9-18(10-12-20)14-21-16-30(17-24(31)28-21)23-15-26(23)13-5-4-8-22(26)29-33-25(32)19-6-2-1-3-7-19/h1-3,6-7,9-12,21-23,29H,4-5,8,13-17H2,(H,28,31)/t21-,22+,23+,26+/m0/s1. The van der Waals surface area contributed by atoms with Crippen molar-refractivity contribution in [2.75, 3.05) is 13.1 Å². The Morgan fingerprint density at radius 3 is 2.73 bits per heavy atom. The lowest BCUT2D eigenvalue weighted by Crippen LogP contribution is -2.57. The van der Waals surface area contributed by atoms with E-state index in [1.807, 2.05) is 18.2 Å². The number of carbonyl (C=O) groups is 2. The highest BCUT2D eigenvalue weighted by Gasteiger charge is 2.62. The summed E-state index contributed by atoms with van der Waals surface area (Å²) in [6.07, 6.45) is 5.96. The Hall–Kier alpha value is -2.77. The van der Waals surface area contributed by atoms with Crippen LogP contribution in [0.2, 0.25) is 0 Å². The first-order valence-corrected chi connectivity index (χ1v) is 11.8. The monoisotopic (exact) mass is 451 g/mol. The molecule has 2 aromatic rings. The van der Waals surface area contributed by atoms with Crippen LogP contribution in [0.1, 0.15) is 48.0 Å². The van der Waals surface area contributed by atoms with E-state index in [0.717, 1.165) is 44.2 Å². The molecule has 3 aliphatic rings. The van der Waals surface area contributed by atoms with Crippen molar-refractivity contribution >= 4 is 11.9 Å². The van der Waals surface area contributed by atoms with Gasteiger partial charge in [0.05, 0.1) is 18.2 Å². The minimum absolute atomic E-state index is 0.000249. The third-order valence-electron chi connectivity index (χ3n) is 7.46. The normalized spacial score (nSPS) is 29.5. The van der Waals surface area contributed by atoms with Crippen molar-refractivity contribution in [3.05, 3.63) is 71.5 Å². The van der Waals surface area contributed by atoms with Crippen LogP contribution in [-0.4, -0.2) is 48.0 Å². The number of hydrogen-bond acceptors (Lipinski definition) is 5. The number of hydroxylamine groups is 1. The van der Waals surface area contributed by atoms with Gasteiger partial charge in [-0.15, -0.1) is 5.48 Å². The topological polar surface area (TPSA) is 70.7 Å². The second-order valence-electron chi connectivity index (χ2n) is 9.65. The van der Waals surface area contributed by atoms with Crippen molar-refractivity contribution in [2.45, 2.75) is 56.7 Å². The van der Waals surface area contributed by atoms with E-state index in [1.54, 1.807) is 24.3 Å². The summed E-state index contributed by atoms with van der Waals surface area (Å²) in [5.74, 6) is -0.590. The molecule has 0 aromatic heterocycles. The van der Waals surface area contributed by atoms with E-state index in [1.165, 1.54) is 12.1 Å². The maximum absolute atomic E-state index is 13.2. The first kappa shape index (κ1) is 22.0. The molecule has 0 bridgehead atoms. The Morgan fingerprint density at radius 1 is 1.15 bits per heavy atom. The fourth-order valence-corrected chi connectivity index (χ4v) is 5.74. The van der Waals surface area contributed by atoms with Crippen LogP contribution >= 0.6 is 0 Å². The smallest absolute Gasteiger partial charge is 0.356 e. The summed E-state index contributed by atoms with van der Waals surface area (Å²) in [4.78, 5) is 32.7. The lowest BCUT2D eigenvalue weighted by molar-refractivity contribution is -0.126. The van der Waals surface area contributed by atoms with Crippen LogP contribution in [0, 0.1) is 11.2 Å². The molecule has 1 saturated heterocycles. The van der Waals surface area contributed by atoms with Crippen LogP contribution in [0.5, 0.6) is 0 Å². The van der Waals surface area contributed by atoms with Crippen LogP contribution in [0.15, 0.2) is 54.6 Å². The van der Waals surface area contributed by atoms with E-state index >= 15 is 0 Å². The molecule has 2 aromatic carbocycles. The lowest BCUT2D eigenvalue weighted by Gasteiger charge is -2.38. The van der Waals surface area contributed by atoms with Gasteiger partial charge in [-0.05, 0) is 55.5 Å². The largest absolute Gasteiger partial charge is 0.366 e. The fraction of sp³-hybridized carbons (Fsp3) is 0.462. The molecule has 2 N–H and O–H groups in total. The number of amides is 1. The quantitative estimate of drug-likeness (QED) is 0.660. The van der Waals surface area contributed by atoms with Gasteiger partial charge in [-0.25, -0.2) is 9.18 Å². The number of benzene rings is 2. The number of halogens is 1. The van der Waals surface area contributed by atoms with Crippen molar-refractivity contribution in [1.29, 1.82) is 0 Å². The summed E-state index contributed by atoms with van der Waals surface area (Å²) in [5, 5.41) is 3.09. The molecule has 7 heteroatoms. The third kappa shape index (κ3) is 4.80. The van der Waals surface area contributed by atoms with Gasteiger partial charge in [0.25, 0.3) is 0 Å². The Balaban J connectivity index is 1.22. The number of hydrogen-bond donors (Lipinski definition) is 2. The fourth-order valence-electron chi connectivity index (χ4n) is 5.74. The average Bonchev–Trinajstić information content (AvgIpc) is 3.54. The molecule has 5 rings (SSSR count). The first-order valence-electron chi connectivity index (χ1n) is 11.8.